The highest BCUT2D eigenvalue weighted by molar-refractivity contribution is 9.10. The van der Waals surface area contributed by atoms with Gasteiger partial charge in [0, 0.05) is 49.3 Å². The Bertz CT molecular complexity index is 728. The molecule has 3 rings (SSSR count). The fourth-order valence-electron chi connectivity index (χ4n) is 3.12. The molecule has 0 atom stereocenters. The molecule has 1 saturated heterocycles. The number of ether oxygens (including phenoxy) is 1. The first kappa shape index (κ1) is 18.7. The molecule has 138 valence electrons. The Hall–Kier alpha value is -2.05. The quantitative estimate of drug-likeness (QED) is 0.779. The van der Waals surface area contributed by atoms with E-state index in [4.69, 9.17) is 4.74 Å². The van der Waals surface area contributed by atoms with Gasteiger partial charge in [-0.1, -0.05) is 28.1 Å². The highest BCUT2D eigenvalue weighted by atomic mass is 79.9. The van der Waals surface area contributed by atoms with Crippen LogP contribution in [0.2, 0.25) is 0 Å². The second kappa shape index (κ2) is 9.05. The number of hydrogen-bond acceptors (Lipinski definition) is 4. The van der Waals surface area contributed by atoms with Crippen LogP contribution in [-0.2, 0) is 4.79 Å². The normalized spacial score (nSPS) is 14.9. The van der Waals surface area contributed by atoms with E-state index in [9.17, 15) is 4.79 Å². The second-order valence-corrected chi connectivity index (χ2v) is 7.22. The molecule has 5 nitrogen and oxygen atoms in total. The summed E-state index contributed by atoms with van der Waals surface area (Å²) >= 11 is 3.39. The Balaban J connectivity index is 1.44. The summed E-state index contributed by atoms with van der Waals surface area (Å²) in [6, 6.07) is 15.8. The minimum atomic E-state index is 0.0551. The molecule has 0 radical (unpaired) electrons. The third-order valence-corrected chi connectivity index (χ3v) is 5.11. The predicted octanol–water partition coefficient (Wildman–Crippen LogP) is 3.61. The number of anilines is 2. The van der Waals surface area contributed by atoms with Crippen molar-refractivity contribution in [3.8, 4) is 5.75 Å². The number of hydrogen-bond donors (Lipinski definition) is 1. The van der Waals surface area contributed by atoms with Crippen molar-refractivity contribution in [3.05, 3.63) is 53.0 Å². The number of carbonyl (C=O) groups is 1. The highest BCUT2D eigenvalue weighted by Gasteiger charge is 2.19. The molecule has 1 N–H and O–H groups in total. The monoisotopic (exact) mass is 417 g/mol. The zero-order valence-corrected chi connectivity index (χ0v) is 16.5. The van der Waals surface area contributed by atoms with Crippen molar-refractivity contribution in [2.45, 2.75) is 6.42 Å². The van der Waals surface area contributed by atoms with Crippen LogP contribution in [0.25, 0.3) is 0 Å². The van der Waals surface area contributed by atoms with E-state index >= 15 is 0 Å². The maximum Gasteiger partial charge on any atom is 0.225 e. The summed E-state index contributed by atoms with van der Waals surface area (Å²) in [5, 5.41) is 2.95. The summed E-state index contributed by atoms with van der Waals surface area (Å²) in [5.41, 5.74) is 1.97. The molecule has 2 aromatic carbocycles. The molecule has 1 fully saturated rings. The second-order valence-electron chi connectivity index (χ2n) is 6.31. The number of amides is 1. The van der Waals surface area contributed by atoms with Crippen LogP contribution in [-0.4, -0.2) is 50.6 Å². The lowest BCUT2D eigenvalue weighted by atomic mass is 10.2. The van der Waals surface area contributed by atoms with Gasteiger partial charge in [0.2, 0.25) is 5.91 Å². The summed E-state index contributed by atoms with van der Waals surface area (Å²) < 4.78 is 6.46. The lowest BCUT2D eigenvalue weighted by molar-refractivity contribution is -0.116. The maximum absolute atomic E-state index is 12.1. The number of piperazine rings is 1. The van der Waals surface area contributed by atoms with Crippen LogP contribution in [0.1, 0.15) is 6.42 Å². The van der Waals surface area contributed by atoms with Gasteiger partial charge in [0.15, 0.2) is 0 Å². The highest BCUT2D eigenvalue weighted by Crippen LogP contribution is 2.28. The number of nitrogens with one attached hydrogen (secondary N) is 1. The van der Waals surface area contributed by atoms with Crippen LogP contribution in [0.5, 0.6) is 5.75 Å². The first-order valence-corrected chi connectivity index (χ1v) is 9.61. The van der Waals surface area contributed by atoms with E-state index in [0.717, 1.165) is 54.3 Å². The molecule has 0 saturated carbocycles. The van der Waals surface area contributed by atoms with Crippen molar-refractivity contribution in [1.29, 1.82) is 0 Å². The SMILES string of the molecule is COc1ccccc1N1CCN(CCC(=O)Nc2ccc(Br)cc2)CC1. The molecule has 0 unspecified atom stereocenters. The van der Waals surface area contributed by atoms with E-state index in [2.05, 4.69) is 37.1 Å². The average Bonchev–Trinajstić information content (AvgIpc) is 2.68. The van der Waals surface area contributed by atoms with Gasteiger partial charge in [-0.2, -0.15) is 0 Å². The van der Waals surface area contributed by atoms with Crippen LogP contribution in [0, 0.1) is 0 Å². The maximum atomic E-state index is 12.1. The van der Waals surface area contributed by atoms with Gasteiger partial charge in [0.25, 0.3) is 0 Å². The van der Waals surface area contributed by atoms with Gasteiger partial charge in [0.05, 0.1) is 12.8 Å². The number of benzene rings is 2. The molecular weight excluding hydrogens is 394 g/mol. The Kier molecular flexibility index (Phi) is 6.52. The van der Waals surface area contributed by atoms with Gasteiger partial charge >= 0.3 is 0 Å². The number of carbonyl (C=O) groups excluding carboxylic acids is 1. The van der Waals surface area contributed by atoms with Crippen molar-refractivity contribution in [3.63, 3.8) is 0 Å². The third-order valence-electron chi connectivity index (χ3n) is 4.58. The Morgan fingerprint density at radius 3 is 2.46 bits per heavy atom. The predicted molar refractivity (Wildman–Crippen MR) is 109 cm³/mol. The lowest BCUT2D eigenvalue weighted by Gasteiger charge is -2.36. The van der Waals surface area contributed by atoms with Gasteiger partial charge in [-0.25, -0.2) is 0 Å². The third kappa shape index (κ3) is 4.99. The van der Waals surface area contributed by atoms with E-state index in [1.54, 1.807) is 7.11 Å². The molecule has 0 aromatic heterocycles. The van der Waals surface area contributed by atoms with E-state index in [0.29, 0.717) is 6.42 Å². The minimum Gasteiger partial charge on any atom is -0.495 e. The largest absolute Gasteiger partial charge is 0.495 e. The number of methoxy groups -OCH3 is 1. The average molecular weight is 418 g/mol. The molecule has 1 amide bonds. The molecule has 0 spiro atoms. The van der Waals surface area contributed by atoms with Gasteiger partial charge in [0.1, 0.15) is 5.75 Å². The van der Waals surface area contributed by atoms with Crippen molar-refractivity contribution in [1.82, 2.24) is 4.90 Å². The number of halogens is 1. The van der Waals surface area contributed by atoms with Crippen molar-refractivity contribution in [2.75, 3.05) is 50.1 Å². The Morgan fingerprint density at radius 2 is 1.77 bits per heavy atom. The van der Waals surface area contributed by atoms with E-state index in [1.165, 1.54) is 0 Å². The van der Waals surface area contributed by atoms with E-state index < -0.39 is 0 Å². The van der Waals surface area contributed by atoms with E-state index in [1.807, 2.05) is 42.5 Å². The van der Waals surface area contributed by atoms with Crippen LogP contribution >= 0.6 is 15.9 Å². The van der Waals surface area contributed by atoms with E-state index in [-0.39, 0.29) is 5.91 Å². The zero-order chi connectivity index (χ0) is 18.4. The number of para-hydroxylation sites is 2. The van der Waals surface area contributed by atoms with Gasteiger partial charge in [-0.15, -0.1) is 0 Å². The summed E-state index contributed by atoms with van der Waals surface area (Å²) in [5.74, 6) is 0.967. The summed E-state index contributed by atoms with van der Waals surface area (Å²) in [6.07, 6.45) is 0.505. The Labute approximate surface area is 163 Å². The van der Waals surface area contributed by atoms with Gasteiger partial charge in [-0.05, 0) is 36.4 Å². The van der Waals surface area contributed by atoms with Crippen molar-refractivity contribution in [2.24, 2.45) is 0 Å². The van der Waals surface area contributed by atoms with Gasteiger partial charge < -0.3 is 15.0 Å². The first-order chi connectivity index (χ1) is 12.7. The topological polar surface area (TPSA) is 44.8 Å². The van der Waals surface area contributed by atoms with Crippen LogP contribution < -0.4 is 15.0 Å². The molecule has 0 aliphatic carbocycles. The molecule has 1 aliphatic rings. The van der Waals surface area contributed by atoms with Gasteiger partial charge in [-0.3, -0.25) is 9.69 Å². The number of rotatable bonds is 6. The fraction of sp³-hybridized carbons (Fsp3) is 0.350. The summed E-state index contributed by atoms with van der Waals surface area (Å²) in [7, 11) is 1.71. The molecule has 26 heavy (non-hydrogen) atoms. The van der Waals surface area contributed by atoms with Crippen molar-refractivity contribution < 1.29 is 9.53 Å². The first-order valence-electron chi connectivity index (χ1n) is 8.81. The van der Waals surface area contributed by atoms with Crippen molar-refractivity contribution >= 4 is 33.2 Å². The Morgan fingerprint density at radius 1 is 1.08 bits per heavy atom. The van der Waals surface area contributed by atoms with Crippen LogP contribution in [0.3, 0.4) is 0 Å². The summed E-state index contributed by atoms with van der Waals surface area (Å²) in [4.78, 5) is 16.8. The van der Waals surface area contributed by atoms with Crippen LogP contribution in [0.15, 0.2) is 53.0 Å². The molecule has 6 heteroatoms. The minimum absolute atomic E-state index is 0.0551. The fourth-order valence-corrected chi connectivity index (χ4v) is 3.38. The lowest BCUT2D eigenvalue weighted by Crippen LogP contribution is -2.47. The molecule has 1 aliphatic heterocycles. The standard InChI is InChI=1S/C20H24BrN3O2/c1-26-19-5-3-2-4-18(19)24-14-12-23(13-15-24)11-10-20(25)22-17-8-6-16(21)7-9-17/h2-9H,10-15H2,1H3,(H,22,25). The molecule has 0 bridgehead atoms. The zero-order valence-electron chi connectivity index (χ0n) is 15.0. The summed E-state index contributed by atoms with van der Waals surface area (Å²) in [6.45, 7) is 4.55. The molecule has 1 heterocycles. The molecular formula is C20H24BrN3O2. The smallest absolute Gasteiger partial charge is 0.225 e. The number of nitrogens with zero attached hydrogens (tertiary/aromatic N) is 2. The van der Waals surface area contributed by atoms with Crippen LogP contribution in [0.4, 0.5) is 11.4 Å². The molecule has 2 aromatic rings.